The molecule has 1 aliphatic rings. The molecule has 238 valence electrons. The number of thiazole rings is 1. The van der Waals surface area contributed by atoms with Crippen LogP contribution < -0.4 is 15.8 Å². The Balaban J connectivity index is 1.38. The maximum absolute atomic E-state index is 13.4. The summed E-state index contributed by atoms with van der Waals surface area (Å²) in [7, 11) is 0. The lowest BCUT2D eigenvalue weighted by molar-refractivity contribution is -0.138. The van der Waals surface area contributed by atoms with Crippen molar-refractivity contribution < 1.29 is 23.9 Å². The fraction of sp³-hybridized carbons (Fsp3) is 0.424. The molecule has 45 heavy (non-hydrogen) atoms. The SMILES string of the molecule is CC(NC(=O)OC(C)(C)C)C(=O)N1CC(Oc2nc3c(-c4nc(Cc5ccccc5)cs4)cccc3n2C(C)C)CC1C(N)=O. The summed E-state index contributed by atoms with van der Waals surface area (Å²) in [4.78, 5) is 49.3. The largest absolute Gasteiger partial charge is 0.459 e. The summed E-state index contributed by atoms with van der Waals surface area (Å²) >= 11 is 1.57. The third-order valence-corrected chi connectivity index (χ3v) is 8.39. The first-order valence-electron chi connectivity index (χ1n) is 15.1. The van der Waals surface area contributed by atoms with Gasteiger partial charge in [0.05, 0.1) is 17.8 Å². The normalized spacial score (nSPS) is 17.4. The minimum atomic E-state index is -0.937. The number of rotatable bonds is 9. The van der Waals surface area contributed by atoms with Gasteiger partial charge in [0.15, 0.2) is 0 Å². The van der Waals surface area contributed by atoms with Crippen molar-refractivity contribution in [1.29, 1.82) is 0 Å². The molecule has 3 atom stereocenters. The standard InChI is InChI=1S/C33H40N6O5S/c1-19(2)39-25-14-10-13-24(29-36-22(18-45-29)15-21-11-8-7-9-12-21)27(25)37-31(39)43-23-16-26(28(34)40)38(17-23)30(41)20(3)35-32(42)44-33(4,5)6/h7-14,18-20,23,26H,15-17H2,1-6H3,(H2,34,40)(H,35,42). The molecular formula is C33H40N6O5S. The molecule has 1 fully saturated rings. The van der Waals surface area contributed by atoms with Gasteiger partial charge in [-0.05, 0) is 59.2 Å². The number of aromatic nitrogens is 3. The molecular weight excluding hydrogens is 592 g/mol. The number of nitrogens with one attached hydrogen (secondary N) is 1. The second kappa shape index (κ2) is 12.9. The number of nitrogens with zero attached hydrogens (tertiary/aromatic N) is 4. The van der Waals surface area contributed by atoms with E-state index in [2.05, 4.69) is 22.8 Å². The average Bonchev–Trinajstić information content (AvgIpc) is 3.69. The number of ether oxygens (including phenoxy) is 2. The number of carbonyl (C=O) groups excluding carboxylic acids is 3. The number of primary amides is 1. The summed E-state index contributed by atoms with van der Waals surface area (Å²) in [5, 5.41) is 5.49. The van der Waals surface area contributed by atoms with Crippen LogP contribution in [0.25, 0.3) is 21.6 Å². The second-order valence-corrected chi connectivity index (χ2v) is 13.4. The van der Waals surface area contributed by atoms with Gasteiger partial charge < -0.3 is 25.4 Å². The zero-order valence-corrected chi connectivity index (χ0v) is 27.3. The molecule has 12 heteroatoms. The molecule has 4 aromatic rings. The van der Waals surface area contributed by atoms with Crippen LogP contribution in [-0.2, 0) is 20.7 Å². The summed E-state index contributed by atoms with van der Waals surface area (Å²) in [6.45, 7) is 10.9. The lowest BCUT2D eigenvalue weighted by Crippen LogP contribution is -2.52. The lowest BCUT2D eigenvalue weighted by Gasteiger charge is -2.27. The number of nitrogens with two attached hydrogens (primary N) is 1. The van der Waals surface area contributed by atoms with Crippen molar-refractivity contribution >= 4 is 40.3 Å². The van der Waals surface area contributed by atoms with Crippen molar-refractivity contribution in [2.45, 2.75) is 84.2 Å². The second-order valence-electron chi connectivity index (χ2n) is 12.6. The van der Waals surface area contributed by atoms with Crippen molar-refractivity contribution in [3.05, 3.63) is 65.2 Å². The number of fused-ring (bicyclic) bond motifs is 1. The Morgan fingerprint density at radius 3 is 2.47 bits per heavy atom. The van der Waals surface area contributed by atoms with E-state index in [1.165, 1.54) is 10.5 Å². The lowest BCUT2D eigenvalue weighted by atomic mass is 10.1. The topological polar surface area (TPSA) is 142 Å². The molecule has 5 rings (SSSR count). The van der Waals surface area contributed by atoms with Crippen LogP contribution in [-0.4, -0.2) is 67.7 Å². The van der Waals surface area contributed by atoms with Gasteiger partial charge >= 0.3 is 6.09 Å². The summed E-state index contributed by atoms with van der Waals surface area (Å²) < 4.78 is 13.7. The maximum Gasteiger partial charge on any atom is 0.408 e. The number of imidazole rings is 1. The Hall–Kier alpha value is -4.45. The summed E-state index contributed by atoms with van der Waals surface area (Å²) in [6, 6.07) is 14.8. The van der Waals surface area contributed by atoms with Crippen LogP contribution in [0.15, 0.2) is 53.9 Å². The van der Waals surface area contributed by atoms with Crippen LogP contribution in [0.1, 0.15) is 65.3 Å². The van der Waals surface area contributed by atoms with E-state index in [0.717, 1.165) is 33.7 Å². The van der Waals surface area contributed by atoms with Gasteiger partial charge in [-0.25, -0.2) is 9.78 Å². The molecule has 2 aromatic carbocycles. The Morgan fingerprint density at radius 1 is 1.07 bits per heavy atom. The molecule has 0 saturated carbocycles. The number of benzene rings is 2. The molecule has 1 aliphatic heterocycles. The van der Waals surface area contributed by atoms with E-state index in [1.54, 1.807) is 39.0 Å². The molecule has 0 aliphatic carbocycles. The monoisotopic (exact) mass is 632 g/mol. The van der Waals surface area contributed by atoms with Crippen molar-refractivity contribution in [2.75, 3.05) is 6.54 Å². The van der Waals surface area contributed by atoms with Crippen molar-refractivity contribution in [3.8, 4) is 16.6 Å². The summed E-state index contributed by atoms with van der Waals surface area (Å²) in [5.41, 5.74) is 9.73. The molecule has 0 spiro atoms. The van der Waals surface area contributed by atoms with Gasteiger partial charge in [-0.3, -0.25) is 14.2 Å². The molecule has 3 unspecified atom stereocenters. The number of hydrogen-bond donors (Lipinski definition) is 2. The smallest absolute Gasteiger partial charge is 0.408 e. The van der Waals surface area contributed by atoms with Gasteiger partial charge in [-0.1, -0.05) is 36.4 Å². The van der Waals surface area contributed by atoms with Crippen molar-refractivity contribution in [1.82, 2.24) is 24.8 Å². The zero-order valence-electron chi connectivity index (χ0n) is 26.4. The summed E-state index contributed by atoms with van der Waals surface area (Å²) in [5.74, 6) is -1.10. The van der Waals surface area contributed by atoms with E-state index in [-0.39, 0.29) is 19.0 Å². The zero-order chi connectivity index (χ0) is 32.5. The van der Waals surface area contributed by atoms with Gasteiger partial charge in [-0.15, -0.1) is 11.3 Å². The molecule has 3 amide bonds. The third-order valence-electron chi connectivity index (χ3n) is 7.46. The highest BCUT2D eigenvalue weighted by atomic mass is 32.1. The highest BCUT2D eigenvalue weighted by molar-refractivity contribution is 7.13. The van der Waals surface area contributed by atoms with Gasteiger partial charge in [0.2, 0.25) is 11.8 Å². The fourth-order valence-corrected chi connectivity index (χ4v) is 6.35. The van der Waals surface area contributed by atoms with Crippen LogP contribution >= 0.6 is 11.3 Å². The number of carbonyl (C=O) groups is 3. The van der Waals surface area contributed by atoms with Crippen LogP contribution in [0.2, 0.25) is 0 Å². The number of likely N-dealkylation sites (tertiary alicyclic amines) is 1. The van der Waals surface area contributed by atoms with E-state index in [9.17, 15) is 14.4 Å². The van der Waals surface area contributed by atoms with Crippen LogP contribution in [0.3, 0.4) is 0 Å². The van der Waals surface area contributed by atoms with E-state index in [0.29, 0.717) is 6.01 Å². The van der Waals surface area contributed by atoms with Crippen LogP contribution in [0, 0.1) is 0 Å². The Bertz CT molecular complexity index is 1690. The molecule has 0 radical (unpaired) electrons. The number of para-hydroxylation sites is 1. The highest BCUT2D eigenvalue weighted by Gasteiger charge is 2.42. The van der Waals surface area contributed by atoms with Gasteiger partial charge in [0.1, 0.15) is 34.3 Å². The average molecular weight is 633 g/mol. The van der Waals surface area contributed by atoms with E-state index in [1.807, 2.05) is 54.8 Å². The Labute approximate surface area is 266 Å². The maximum atomic E-state index is 13.4. The molecule has 1 saturated heterocycles. The predicted molar refractivity (Wildman–Crippen MR) is 173 cm³/mol. The molecule has 2 aromatic heterocycles. The number of amides is 3. The minimum Gasteiger partial charge on any atom is -0.459 e. The van der Waals surface area contributed by atoms with Crippen LogP contribution in [0.4, 0.5) is 4.79 Å². The van der Waals surface area contributed by atoms with Gasteiger partial charge in [-0.2, -0.15) is 4.98 Å². The number of hydrogen-bond acceptors (Lipinski definition) is 8. The Morgan fingerprint density at radius 2 is 1.80 bits per heavy atom. The van der Waals surface area contributed by atoms with Gasteiger partial charge in [0.25, 0.3) is 6.01 Å². The first-order valence-corrected chi connectivity index (χ1v) is 15.9. The fourth-order valence-electron chi connectivity index (χ4n) is 5.51. The third kappa shape index (κ3) is 7.28. The van der Waals surface area contributed by atoms with Crippen molar-refractivity contribution in [3.63, 3.8) is 0 Å². The van der Waals surface area contributed by atoms with E-state index >= 15 is 0 Å². The summed E-state index contributed by atoms with van der Waals surface area (Å²) in [6.07, 6.45) is -0.328. The molecule has 0 bridgehead atoms. The quantitative estimate of drug-likeness (QED) is 0.262. The van der Waals surface area contributed by atoms with Crippen LogP contribution in [0.5, 0.6) is 6.01 Å². The predicted octanol–water partition coefficient (Wildman–Crippen LogP) is 5.08. The highest BCUT2D eigenvalue weighted by Crippen LogP contribution is 2.36. The minimum absolute atomic E-state index is 0.00862. The molecule has 3 heterocycles. The number of alkyl carbamates (subject to hydrolysis) is 1. The molecule has 3 N–H and O–H groups in total. The first-order chi connectivity index (χ1) is 21.3. The van der Waals surface area contributed by atoms with E-state index < -0.39 is 41.7 Å². The van der Waals surface area contributed by atoms with Gasteiger partial charge in [0, 0.05) is 29.8 Å². The van der Waals surface area contributed by atoms with Crippen molar-refractivity contribution in [2.24, 2.45) is 5.73 Å². The van der Waals surface area contributed by atoms with E-state index in [4.69, 9.17) is 25.2 Å². The first kappa shape index (κ1) is 32.0. The molecule has 11 nitrogen and oxygen atoms in total. The Kier molecular flexibility index (Phi) is 9.15.